The first-order valence-corrected chi connectivity index (χ1v) is 6.12. The molecule has 2 unspecified atom stereocenters. The van der Waals surface area contributed by atoms with Gasteiger partial charge in [0, 0.05) is 24.7 Å². The van der Waals surface area contributed by atoms with Crippen molar-refractivity contribution >= 4 is 22.4 Å². The number of hydrogen-bond acceptors (Lipinski definition) is 3. The number of nitrogen functional groups attached to an aromatic ring is 1. The number of amides is 1. The highest BCUT2D eigenvalue weighted by Gasteiger charge is 2.22. The lowest BCUT2D eigenvalue weighted by Crippen LogP contribution is -2.34. The zero-order valence-electron chi connectivity index (χ0n) is 9.64. The van der Waals surface area contributed by atoms with E-state index in [0.717, 1.165) is 0 Å². The van der Waals surface area contributed by atoms with Gasteiger partial charge < -0.3 is 10.6 Å². The minimum Gasteiger partial charge on any atom is -0.399 e. The van der Waals surface area contributed by atoms with Crippen molar-refractivity contribution in [3.8, 4) is 0 Å². The fraction of sp³-hybridized carbons (Fsp3) is 0.364. The first-order chi connectivity index (χ1) is 7.43. The lowest BCUT2D eigenvalue weighted by Gasteiger charge is -2.16. The maximum atomic E-state index is 12.1. The van der Waals surface area contributed by atoms with Crippen LogP contribution in [0.4, 0.5) is 5.69 Å². The Morgan fingerprint density at radius 3 is 2.56 bits per heavy atom. The van der Waals surface area contributed by atoms with E-state index >= 15 is 0 Å². The smallest absolute Gasteiger partial charge is 0.237 e. The highest BCUT2D eigenvalue weighted by Crippen LogP contribution is 2.15. The van der Waals surface area contributed by atoms with Crippen molar-refractivity contribution in [3.63, 3.8) is 0 Å². The maximum Gasteiger partial charge on any atom is 0.237 e. The second-order valence-corrected chi connectivity index (χ2v) is 5.52. The van der Waals surface area contributed by atoms with Gasteiger partial charge in [0.1, 0.15) is 5.25 Å². The van der Waals surface area contributed by atoms with Crippen LogP contribution in [-0.2, 0) is 15.6 Å². The van der Waals surface area contributed by atoms with Crippen LogP contribution in [0.5, 0.6) is 0 Å². The number of nitrogens with two attached hydrogens (primary N) is 1. The zero-order valence-corrected chi connectivity index (χ0v) is 10.5. The monoisotopic (exact) mass is 240 g/mol. The molecule has 0 spiro atoms. The van der Waals surface area contributed by atoms with Crippen LogP contribution in [0.25, 0.3) is 0 Å². The maximum absolute atomic E-state index is 12.1. The molecule has 0 radical (unpaired) electrons. The Morgan fingerprint density at radius 2 is 2.06 bits per heavy atom. The van der Waals surface area contributed by atoms with E-state index in [1.54, 1.807) is 45.3 Å². The first-order valence-electron chi connectivity index (χ1n) is 4.90. The number of hydrogen-bond donors (Lipinski definition) is 1. The van der Waals surface area contributed by atoms with E-state index in [9.17, 15) is 9.00 Å². The minimum absolute atomic E-state index is 0.152. The summed E-state index contributed by atoms with van der Waals surface area (Å²) in [6.45, 7) is 1.65. The highest BCUT2D eigenvalue weighted by molar-refractivity contribution is 7.86. The minimum atomic E-state index is -1.36. The largest absolute Gasteiger partial charge is 0.399 e. The van der Waals surface area contributed by atoms with E-state index in [1.807, 2.05) is 0 Å². The van der Waals surface area contributed by atoms with Gasteiger partial charge in [-0.3, -0.25) is 9.00 Å². The SMILES string of the molecule is CC(C(=O)N(C)C)S(=O)c1cccc(N)c1. The zero-order chi connectivity index (χ0) is 12.3. The molecule has 1 aromatic carbocycles. The van der Waals surface area contributed by atoms with Crippen LogP contribution in [0.2, 0.25) is 0 Å². The average molecular weight is 240 g/mol. The van der Waals surface area contributed by atoms with Gasteiger partial charge in [-0.1, -0.05) is 6.07 Å². The lowest BCUT2D eigenvalue weighted by molar-refractivity contribution is -0.127. The van der Waals surface area contributed by atoms with Gasteiger partial charge in [-0.05, 0) is 25.1 Å². The van der Waals surface area contributed by atoms with Gasteiger partial charge in [0.25, 0.3) is 0 Å². The number of rotatable bonds is 3. The summed E-state index contributed by atoms with van der Waals surface area (Å²) in [5.74, 6) is -0.152. The molecule has 2 atom stereocenters. The van der Waals surface area contributed by atoms with Crippen molar-refractivity contribution in [2.24, 2.45) is 0 Å². The van der Waals surface area contributed by atoms with Gasteiger partial charge in [-0.25, -0.2) is 0 Å². The Hall–Kier alpha value is -1.36. The standard InChI is InChI=1S/C11H16N2O2S/c1-8(11(14)13(2)3)16(15)10-6-4-5-9(12)7-10/h4-8H,12H2,1-3H3. The summed E-state index contributed by atoms with van der Waals surface area (Å²) in [6, 6.07) is 6.80. The van der Waals surface area contributed by atoms with Gasteiger partial charge in [-0.15, -0.1) is 0 Å². The molecule has 0 aliphatic heterocycles. The molecule has 16 heavy (non-hydrogen) atoms. The molecule has 0 aliphatic carbocycles. The van der Waals surface area contributed by atoms with Crippen molar-refractivity contribution in [1.29, 1.82) is 0 Å². The van der Waals surface area contributed by atoms with Crippen LogP contribution >= 0.6 is 0 Å². The normalized spacial score (nSPS) is 14.2. The van der Waals surface area contributed by atoms with Gasteiger partial charge in [0.15, 0.2) is 0 Å². The second kappa shape index (κ2) is 5.12. The number of carbonyl (C=O) groups is 1. The molecule has 0 aliphatic rings. The molecule has 0 saturated heterocycles. The average Bonchev–Trinajstić information content (AvgIpc) is 2.26. The fourth-order valence-corrected chi connectivity index (χ4v) is 2.57. The van der Waals surface area contributed by atoms with Crippen LogP contribution in [0.15, 0.2) is 29.2 Å². The molecule has 1 amide bonds. The number of anilines is 1. The molecule has 0 bridgehead atoms. The van der Waals surface area contributed by atoms with Crippen LogP contribution < -0.4 is 5.73 Å². The number of carbonyl (C=O) groups excluding carboxylic acids is 1. The summed E-state index contributed by atoms with van der Waals surface area (Å²) in [5.41, 5.74) is 6.15. The van der Waals surface area contributed by atoms with Crippen LogP contribution in [0, 0.1) is 0 Å². The second-order valence-electron chi connectivity index (χ2n) is 3.74. The van der Waals surface area contributed by atoms with E-state index in [2.05, 4.69) is 0 Å². The van der Waals surface area contributed by atoms with Crippen molar-refractivity contribution in [2.45, 2.75) is 17.1 Å². The summed E-state index contributed by atoms with van der Waals surface area (Å²) < 4.78 is 12.1. The molecule has 1 aromatic rings. The Morgan fingerprint density at radius 1 is 1.44 bits per heavy atom. The third-order valence-corrected chi connectivity index (χ3v) is 3.76. The molecule has 5 heteroatoms. The predicted octanol–water partition coefficient (Wildman–Crippen LogP) is 0.853. The molecule has 0 aromatic heterocycles. The molecule has 0 fully saturated rings. The summed E-state index contributed by atoms with van der Waals surface area (Å²) >= 11 is 0. The molecular weight excluding hydrogens is 224 g/mol. The van der Waals surface area contributed by atoms with E-state index < -0.39 is 16.0 Å². The molecule has 0 heterocycles. The third-order valence-electron chi connectivity index (χ3n) is 2.20. The van der Waals surface area contributed by atoms with Crippen molar-refractivity contribution in [1.82, 2.24) is 4.90 Å². The Labute approximate surface area is 97.9 Å². The summed E-state index contributed by atoms with van der Waals surface area (Å²) in [6.07, 6.45) is 0. The van der Waals surface area contributed by atoms with E-state index in [1.165, 1.54) is 4.90 Å². The molecule has 88 valence electrons. The van der Waals surface area contributed by atoms with E-state index in [0.29, 0.717) is 10.6 Å². The first kappa shape index (κ1) is 12.7. The Balaban J connectivity index is 2.90. The van der Waals surface area contributed by atoms with Gasteiger partial charge in [0.2, 0.25) is 5.91 Å². The number of nitrogens with zero attached hydrogens (tertiary/aromatic N) is 1. The molecular formula is C11H16N2O2S. The van der Waals surface area contributed by atoms with Crippen LogP contribution in [0.3, 0.4) is 0 Å². The van der Waals surface area contributed by atoms with Crippen LogP contribution in [-0.4, -0.2) is 34.4 Å². The summed E-state index contributed by atoms with van der Waals surface area (Å²) in [4.78, 5) is 13.7. The number of benzene rings is 1. The van der Waals surface area contributed by atoms with Crippen molar-refractivity contribution < 1.29 is 9.00 Å². The van der Waals surface area contributed by atoms with Crippen LogP contribution in [0.1, 0.15) is 6.92 Å². The van der Waals surface area contributed by atoms with Gasteiger partial charge in [0.05, 0.1) is 10.8 Å². The van der Waals surface area contributed by atoms with Gasteiger partial charge >= 0.3 is 0 Å². The van der Waals surface area contributed by atoms with E-state index in [-0.39, 0.29) is 5.91 Å². The topological polar surface area (TPSA) is 63.4 Å². The predicted molar refractivity (Wildman–Crippen MR) is 65.4 cm³/mol. The third kappa shape index (κ3) is 2.82. The Bertz CT molecular complexity index is 418. The molecule has 0 saturated carbocycles. The molecule has 1 rings (SSSR count). The van der Waals surface area contributed by atoms with E-state index in [4.69, 9.17) is 5.73 Å². The summed E-state index contributed by atoms with van der Waals surface area (Å²) in [7, 11) is 1.94. The summed E-state index contributed by atoms with van der Waals surface area (Å²) in [5, 5.41) is -0.559. The quantitative estimate of drug-likeness (QED) is 0.797. The highest BCUT2D eigenvalue weighted by atomic mass is 32.2. The molecule has 4 nitrogen and oxygen atoms in total. The van der Waals surface area contributed by atoms with Gasteiger partial charge in [-0.2, -0.15) is 0 Å². The van der Waals surface area contributed by atoms with Crippen molar-refractivity contribution in [3.05, 3.63) is 24.3 Å². The fourth-order valence-electron chi connectivity index (χ4n) is 1.30. The molecule has 2 N–H and O–H groups in total. The lowest BCUT2D eigenvalue weighted by atomic mass is 10.3. The van der Waals surface area contributed by atoms with Crippen molar-refractivity contribution in [2.75, 3.05) is 19.8 Å². The Kier molecular flexibility index (Phi) is 4.06.